The Morgan fingerprint density at radius 3 is 2.65 bits per heavy atom. The van der Waals surface area contributed by atoms with E-state index in [1.165, 1.54) is 5.56 Å². The van der Waals surface area contributed by atoms with Crippen molar-refractivity contribution in [2.75, 3.05) is 19.0 Å². The number of benzene rings is 1. The van der Waals surface area contributed by atoms with Gasteiger partial charge in [0.05, 0.1) is 0 Å². The molecule has 2 aromatic rings. The number of aryl methyl sites for hydroxylation is 1. The molecule has 4 nitrogen and oxygen atoms in total. The monoisotopic (exact) mass is 273 g/mol. The maximum atomic E-state index is 5.08. The number of nitrogens with one attached hydrogen (secondary N) is 1. The average Bonchev–Trinajstić information content (AvgIpc) is 2.87. The Bertz CT molecular complexity index is 517. The van der Waals surface area contributed by atoms with Gasteiger partial charge >= 0.3 is 0 Å². The molecule has 1 aromatic carbocycles. The van der Waals surface area contributed by atoms with E-state index in [4.69, 9.17) is 4.74 Å². The number of imidazole rings is 1. The number of nitrogens with zero attached hydrogens (tertiary/aromatic N) is 2. The van der Waals surface area contributed by atoms with Crippen molar-refractivity contribution >= 4 is 11.6 Å². The van der Waals surface area contributed by atoms with Crippen LogP contribution >= 0.6 is 0 Å². The molecule has 20 heavy (non-hydrogen) atoms. The van der Waals surface area contributed by atoms with E-state index in [1.54, 1.807) is 7.11 Å². The third-order valence-electron chi connectivity index (χ3n) is 3.30. The van der Waals surface area contributed by atoms with Crippen molar-refractivity contribution in [2.24, 2.45) is 0 Å². The van der Waals surface area contributed by atoms with Gasteiger partial charge in [-0.15, -0.1) is 0 Å². The molecule has 0 radical (unpaired) electrons. The van der Waals surface area contributed by atoms with Crippen LogP contribution in [-0.2, 0) is 11.3 Å². The second kappa shape index (κ2) is 7.10. The van der Waals surface area contributed by atoms with Gasteiger partial charge in [-0.25, -0.2) is 4.98 Å². The molecule has 4 heteroatoms. The van der Waals surface area contributed by atoms with Crippen LogP contribution in [0.4, 0.5) is 11.6 Å². The standard InChI is InChI=1S/C16H23N3O/c1-13(2)14-5-7-15(8-6-14)18-16-17-9-11-19(16)10-4-12-20-3/h5-9,11,13H,4,10,12H2,1-3H3,(H,17,18). The van der Waals surface area contributed by atoms with Gasteiger partial charge in [0, 0.05) is 38.3 Å². The molecule has 0 unspecified atom stereocenters. The predicted octanol–water partition coefficient (Wildman–Crippen LogP) is 3.79. The molecule has 0 aliphatic heterocycles. The van der Waals surface area contributed by atoms with Gasteiger partial charge in [0.2, 0.25) is 5.95 Å². The van der Waals surface area contributed by atoms with Gasteiger partial charge in [-0.05, 0) is 30.0 Å². The fourth-order valence-electron chi connectivity index (χ4n) is 2.07. The van der Waals surface area contributed by atoms with Gasteiger partial charge in [-0.1, -0.05) is 26.0 Å². The number of aromatic nitrogens is 2. The second-order valence-electron chi connectivity index (χ2n) is 5.19. The highest BCUT2D eigenvalue weighted by molar-refractivity contribution is 5.54. The van der Waals surface area contributed by atoms with Crippen LogP contribution in [0.5, 0.6) is 0 Å². The van der Waals surface area contributed by atoms with E-state index in [2.05, 4.69) is 53.0 Å². The maximum absolute atomic E-state index is 5.08. The van der Waals surface area contributed by atoms with Crippen molar-refractivity contribution < 1.29 is 4.74 Å². The van der Waals surface area contributed by atoms with Gasteiger partial charge < -0.3 is 14.6 Å². The number of rotatable bonds is 7. The summed E-state index contributed by atoms with van der Waals surface area (Å²) in [6.45, 7) is 6.07. The normalized spacial score (nSPS) is 11.0. The SMILES string of the molecule is COCCCn1ccnc1Nc1ccc(C(C)C)cc1. The molecule has 0 bridgehead atoms. The Hall–Kier alpha value is -1.81. The molecule has 0 fully saturated rings. The second-order valence-corrected chi connectivity index (χ2v) is 5.19. The number of anilines is 2. The molecule has 0 saturated heterocycles. The van der Waals surface area contributed by atoms with Crippen LogP contribution in [-0.4, -0.2) is 23.3 Å². The van der Waals surface area contributed by atoms with E-state index in [1.807, 2.05) is 12.4 Å². The topological polar surface area (TPSA) is 39.1 Å². The summed E-state index contributed by atoms with van der Waals surface area (Å²) in [6, 6.07) is 8.52. The number of hydrogen-bond donors (Lipinski definition) is 1. The summed E-state index contributed by atoms with van der Waals surface area (Å²) in [5, 5.41) is 3.36. The van der Waals surface area contributed by atoms with Crippen molar-refractivity contribution in [3.63, 3.8) is 0 Å². The van der Waals surface area contributed by atoms with E-state index < -0.39 is 0 Å². The van der Waals surface area contributed by atoms with Crippen LogP contribution in [0.3, 0.4) is 0 Å². The van der Waals surface area contributed by atoms with Crippen LogP contribution in [0.15, 0.2) is 36.7 Å². The molecule has 1 N–H and O–H groups in total. The largest absolute Gasteiger partial charge is 0.385 e. The average molecular weight is 273 g/mol. The third kappa shape index (κ3) is 3.84. The molecule has 1 aromatic heterocycles. The Labute approximate surface area is 120 Å². The van der Waals surface area contributed by atoms with E-state index in [-0.39, 0.29) is 0 Å². The van der Waals surface area contributed by atoms with Gasteiger partial charge in [-0.3, -0.25) is 0 Å². The minimum absolute atomic E-state index is 0.556. The Kier molecular flexibility index (Phi) is 5.18. The van der Waals surface area contributed by atoms with Gasteiger partial charge in [0.15, 0.2) is 0 Å². The summed E-state index contributed by atoms with van der Waals surface area (Å²) in [7, 11) is 1.73. The summed E-state index contributed by atoms with van der Waals surface area (Å²) in [6.07, 6.45) is 4.78. The van der Waals surface area contributed by atoms with Crippen LogP contribution in [0.25, 0.3) is 0 Å². The maximum Gasteiger partial charge on any atom is 0.207 e. The van der Waals surface area contributed by atoms with Crippen LogP contribution in [0.2, 0.25) is 0 Å². The smallest absolute Gasteiger partial charge is 0.207 e. The van der Waals surface area contributed by atoms with Crippen molar-refractivity contribution in [1.82, 2.24) is 9.55 Å². The minimum Gasteiger partial charge on any atom is -0.385 e. The van der Waals surface area contributed by atoms with Crippen LogP contribution in [0.1, 0.15) is 31.7 Å². The highest BCUT2D eigenvalue weighted by atomic mass is 16.5. The summed E-state index contributed by atoms with van der Waals surface area (Å²) in [5.74, 6) is 1.43. The molecule has 0 saturated carbocycles. The molecule has 0 atom stereocenters. The van der Waals surface area contributed by atoms with Crippen LogP contribution in [0, 0.1) is 0 Å². The number of hydrogen-bond acceptors (Lipinski definition) is 3. The predicted molar refractivity (Wildman–Crippen MR) is 82.5 cm³/mol. The van der Waals surface area contributed by atoms with Gasteiger partial charge in [-0.2, -0.15) is 0 Å². The first kappa shape index (κ1) is 14.6. The molecule has 0 aliphatic carbocycles. The highest BCUT2D eigenvalue weighted by Crippen LogP contribution is 2.20. The first-order valence-electron chi connectivity index (χ1n) is 7.07. The zero-order valence-corrected chi connectivity index (χ0v) is 12.5. The molecule has 108 valence electrons. The van der Waals surface area contributed by atoms with E-state index in [0.717, 1.165) is 31.2 Å². The van der Waals surface area contributed by atoms with E-state index in [0.29, 0.717) is 5.92 Å². The lowest BCUT2D eigenvalue weighted by Gasteiger charge is -2.11. The lowest BCUT2D eigenvalue weighted by Crippen LogP contribution is -2.05. The Morgan fingerprint density at radius 2 is 2.00 bits per heavy atom. The number of ether oxygens (including phenoxy) is 1. The molecule has 2 rings (SSSR count). The Balaban J connectivity index is 2.00. The van der Waals surface area contributed by atoms with Gasteiger partial charge in [0.25, 0.3) is 0 Å². The van der Waals surface area contributed by atoms with Crippen molar-refractivity contribution in [2.45, 2.75) is 32.7 Å². The zero-order chi connectivity index (χ0) is 14.4. The molecule has 0 spiro atoms. The molecular weight excluding hydrogens is 250 g/mol. The molecule has 0 aliphatic rings. The first-order chi connectivity index (χ1) is 9.70. The summed E-state index contributed by atoms with van der Waals surface area (Å²) in [5.41, 5.74) is 2.41. The zero-order valence-electron chi connectivity index (χ0n) is 12.5. The summed E-state index contributed by atoms with van der Waals surface area (Å²) in [4.78, 5) is 4.36. The van der Waals surface area contributed by atoms with E-state index in [9.17, 15) is 0 Å². The number of methoxy groups -OCH3 is 1. The quantitative estimate of drug-likeness (QED) is 0.780. The lowest BCUT2D eigenvalue weighted by molar-refractivity contribution is 0.190. The fraction of sp³-hybridized carbons (Fsp3) is 0.438. The van der Waals surface area contributed by atoms with Gasteiger partial charge in [0.1, 0.15) is 0 Å². The van der Waals surface area contributed by atoms with Crippen LogP contribution < -0.4 is 5.32 Å². The van der Waals surface area contributed by atoms with Crippen molar-refractivity contribution in [3.8, 4) is 0 Å². The highest BCUT2D eigenvalue weighted by Gasteiger charge is 2.04. The molecular formula is C16H23N3O. The first-order valence-corrected chi connectivity index (χ1v) is 7.07. The molecule has 0 amide bonds. The van der Waals surface area contributed by atoms with E-state index >= 15 is 0 Å². The van der Waals surface area contributed by atoms with Crippen molar-refractivity contribution in [3.05, 3.63) is 42.2 Å². The Morgan fingerprint density at radius 1 is 1.25 bits per heavy atom. The lowest BCUT2D eigenvalue weighted by atomic mass is 10.0. The summed E-state index contributed by atoms with van der Waals surface area (Å²) >= 11 is 0. The molecule has 1 heterocycles. The third-order valence-corrected chi connectivity index (χ3v) is 3.30. The van der Waals surface area contributed by atoms with Crippen molar-refractivity contribution in [1.29, 1.82) is 0 Å². The minimum atomic E-state index is 0.556. The summed E-state index contributed by atoms with van der Waals surface area (Å²) < 4.78 is 7.19. The fourth-order valence-corrected chi connectivity index (χ4v) is 2.07.